The largest absolute Gasteiger partial charge is 0.509 e. The van der Waals surface area contributed by atoms with Gasteiger partial charge in [0, 0.05) is 66.8 Å². The second kappa shape index (κ2) is 18.6. The molecule has 0 bridgehead atoms. The summed E-state index contributed by atoms with van der Waals surface area (Å²) in [5.41, 5.74) is 14.0. The molecule has 5 nitrogen and oxygen atoms in total. The fourth-order valence-electron chi connectivity index (χ4n) is 10.0. The first-order chi connectivity index (χ1) is 33.6. The first-order valence-corrected chi connectivity index (χ1v) is 25.1. The quantitative estimate of drug-likeness (QED) is 0.135. The van der Waals surface area contributed by atoms with Crippen LogP contribution in [0.5, 0.6) is 11.5 Å². The van der Waals surface area contributed by atoms with Crippen molar-refractivity contribution in [3.8, 4) is 17.3 Å². The van der Waals surface area contributed by atoms with Crippen molar-refractivity contribution in [3.05, 3.63) is 222 Å². The molecule has 1 aliphatic rings. The first kappa shape index (κ1) is 50.5. The van der Waals surface area contributed by atoms with Gasteiger partial charge < -0.3 is 19.1 Å². The summed E-state index contributed by atoms with van der Waals surface area (Å²) in [6.07, 6.45) is 1.94. The number of benzene rings is 7. The monoisotopic (exact) mass is 1130 g/mol. The van der Waals surface area contributed by atoms with Crippen LogP contribution in [0.1, 0.15) is 129 Å². The van der Waals surface area contributed by atoms with E-state index in [1.165, 1.54) is 33.4 Å². The molecule has 6 heteroatoms. The van der Waals surface area contributed by atoms with Gasteiger partial charge in [0.2, 0.25) is 0 Å². The predicted molar refractivity (Wildman–Crippen MR) is 297 cm³/mol. The first-order valence-electron chi connectivity index (χ1n) is 25.1. The molecule has 3 heterocycles. The smallest absolute Gasteiger partial charge is 0.135 e. The third-order valence-corrected chi connectivity index (χ3v) is 14.8. The normalized spacial score (nSPS) is 13.4. The van der Waals surface area contributed by atoms with E-state index in [4.69, 9.17) is 9.72 Å². The SMILES string of the molecule is CC(C)(C)c1cccc(N2[CH-]N(c3[c-]c(Oc4[c-]c5c(cc4)c4cc(C(C)(C)C)ccc4n5-c4cc(C(C)(C)c5ccccc5)ccn4)cc(C(C)(C)c4ccccc4)c3)c3ccc(C(C)(C)C)cc32)c1.[Pt]. The summed E-state index contributed by atoms with van der Waals surface area (Å²) in [5, 5.41) is 2.24. The van der Waals surface area contributed by atoms with Crippen molar-refractivity contribution in [2.45, 2.75) is 117 Å². The molecule has 0 N–H and O–H groups in total. The van der Waals surface area contributed by atoms with Crippen LogP contribution >= 0.6 is 0 Å². The Balaban J connectivity index is 0.00000640. The molecule has 0 atom stereocenters. The zero-order valence-electron chi connectivity index (χ0n) is 44.2. The number of nitrogens with zero attached hydrogens (tertiary/aromatic N) is 4. The molecule has 2 aromatic heterocycles. The van der Waals surface area contributed by atoms with Crippen molar-refractivity contribution >= 4 is 44.6 Å². The molecule has 0 aliphatic carbocycles. The summed E-state index contributed by atoms with van der Waals surface area (Å²) >= 11 is 0. The predicted octanol–water partition coefficient (Wildman–Crippen LogP) is 17.5. The Labute approximate surface area is 443 Å². The minimum atomic E-state index is -0.377. The number of pyridine rings is 1. The van der Waals surface area contributed by atoms with Gasteiger partial charge in [-0.05, 0) is 103 Å². The molecule has 0 amide bonds. The average Bonchev–Trinajstić information content (AvgIpc) is 3.89. The van der Waals surface area contributed by atoms with Gasteiger partial charge in [0.15, 0.2) is 0 Å². The van der Waals surface area contributed by atoms with E-state index in [0.717, 1.165) is 55.9 Å². The molecular weight excluding hydrogens is 1060 g/mol. The van der Waals surface area contributed by atoms with Crippen molar-refractivity contribution in [3.63, 3.8) is 0 Å². The topological polar surface area (TPSA) is 33.5 Å². The van der Waals surface area contributed by atoms with E-state index in [9.17, 15) is 0 Å². The fourth-order valence-corrected chi connectivity index (χ4v) is 10.0. The maximum absolute atomic E-state index is 7.08. The van der Waals surface area contributed by atoms with Crippen LogP contribution in [0.3, 0.4) is 0 Å². The number of ether oxygens (including phenoxy) is 1. The van der Waals surface area contributed by atoms with Gasteiger partial charge in [-0.2, -0.15) is 6.07 Å². The van der Waals surface area contributed by atoms with Gasteiger partial charge in [-0.1, -0.05) is 187 Å². The van der Waals surface area contributed by atoms with Crippen molar-refractivity contribution in [1.82, 2.24) is 9.55 Å². The Morgan fingerprint density at radius 1 is 0.444 bits per heavy atom. The Bertz CT molecular complexity index is 3440. The van der Waals surface area contributed by atoms with Crippen molar-refractivity contribution in [2.24, 2.45) is 0 Å². The van der Waals surface area contributed by atoms with E-state index in [0.29, 0.717) is 11.5 Å². The van der Waals surface area contributed by atoms with E-state index in [1.54, 1.807) is 0 Å². The molecular formula is C66H67N4OPt-3. The second-order valence-electron chi connectivity index (χ2n) is 23.6. The van der Waals surface area contributed by atoms with Crippen LogP contribution in [-0.4, -0.2) is 9.55 Å². The summed E-state index contributed by atoms with van der Waals surface area (Å²) in [4.78, 5) is 9.67. The number of aromatic nitrogens is 2. The maximum Gasteiger partial charge on any atom is 0.135 e. The molecule has 0 unspecified atom stereocenters. The molecule has 370 valence electrons. The van der Waals surface area contributed by atoms with E-state index in [-0.39, 0.29) is 48.1 Å². The summed E-state index contributed by atoms with van der Waals surface area (Å²) < 4.78 is 9.33. The van der Waals surface area contributed by atoms with Crippen LogP contribution in [0.2, 0.25) is 0 Å². The number of fused-ring (bicyclic) bond motifs is 4. The zero-order chi connectivity index (χ0) is 50.3. The zero-order valence-corrected chi connectivity index (χ0v) is 46.5. The van der Waals surface area contributed by atoms with Crippen LogP contribution < -0.4 is 14.5 Å². The van der Waals surface area contributed by atoms with E-state index in [2.05, 4.69) is 281 Å². The molecule has 7 aromatic carbocycles. The average molecular weight is 1130 g/mol. The van der Waals surface area contributed by atoms with Crippen molar-refractivity contribution < 1.29 is 25.8 Å². The van der Waals surface area contributed by atoms with Gasteiger partial charge in [-0.15, -0.1) is 53.6 Å². The summed E-state index contributed by atoms with van der Waals surface area (Å²) in [6, 6.07) is 64.7. The molecule has 10 rings (SSSR count). The number of anilines is 4. The second-order valence-corrected chi connectivity index (χ2v) is 23.6. The van der Waals surface area contributed by atoms with Gasteiger partial charge in [0.05, 0.1) is 0 Å². The molecule has 0 saturated heterocycles. The van der Waals surface area contributed by atoms with Gasteiger partial charge in [0.1, 0.15) is 5.82 Å². The Hall–Kier alpha value is -6.42. The van der Waals surface area contributed by atoms with E-state index in [1.807, 2.05) is 6.20 Å². The van der Waals surface area contributed by atoms with Crippen LogP contribution in [0, 0.1) is 18.8 Å². The van der Waals surface area contributed by atoms with E-state index < -0.39 is 0 Å². The van der Waals surface area contributed by atoms with Crippen LogP contribution in [0.4, 0.5) is 22.7 Å². The number of hydrogen-bond acceptors (Lipinski definition) is 4. The van der Waals surface area contributed by atoms with Gasteiger partial charge in [-0.25, -0.2) is 4.98 Å². The van der Waals surface area contributed by atoms with Crippen LogP contribution in [-0.2, 0) is 48.1 Å². The Kier molecular flexibility index (Phi) is 13.0. The number of hydrogen-bond donors (Lipinski definition) is 0. The number of rotatable bonds is 9. The van der Waals surface area contributed by atoms with Crippen LogP contribution in [0.15, 0.2) is 164 Å². The van der Waals surface area contributed by atoms with Crippen molar-refractivity contribution in [2.75, 3.05) is 9.80 Å². The molecule has 9 aromatic rings. The molecule has 72 heavy (non-hydrogen) atoms. The molecule has 0 spiro atoms. The van der Waals surface area contributed by atoms with Gasteiger partial charge in [-0.3, -0.25) is 0 Å². The molecule has 0 saturated carbocycles. The molecule has 1 aliphatic heterocycles. The maximum atomic E-state index is 7.08. The van der Waals surface area contributed by atoms with E-state index >= 15 is 0 Å². The summed E-state index contributed by atoms with van der Waals surface area (Å²) in [5.74, 6) is 2.03. The summed E-state index contributed by atoms with van der Waals surface area (Å²) in [7, 11) is 0. The molecule has 0 fully saturated rings. The minimum Gasteiger partial charge on any atom is -0.509 e. The Morgan fingerprint density at radius 2 is 1.04 bits per heavy atom. The van der Waals surface area contributed by atoms with Crippen molar-refractivity contribution in [1.29, 1.82) is 0 Å². The van der Waals surface area contributed by atoms with Crippen LogP contribution in [0.25, 0.3) is 27.6 Å². The summed E-state index contributed by atoms with van der Waals surface area (Å²) in [6.45, 7) is 31.8. The molecule has 0 radical (unpaired) electrons. The third-order valence-electron chi connectivity index (χ3n) is 14.8. The third kappa shape index (κ3) is 9.42. The minimum absolute atomic E-state index is 0. The standard InChI is InChI=1S/C66H67N4O.Pt/c1-62(2,3)46-25-20-26-51(35-46)68-43-69(58-32-28-48(39-60(58)68)64(7,8)9)52-36-50(66(12,13)45-23-18-15-19-24-45)37-54(41-52)71-53-29-30-55-56-38-47(63(4,5)6)27-31-57(56)70(59(55)42-53)61-40-49(33-34-67-61)65(10,11)44-21-16-14-17-22-44;/h14-40,43H,1-13H3;/q-3;. The van der Waals surface area contributed by atoms with Gasteiger partial charge >= 0.3 is 0 Å². The Morgan fingerprint density at radius 3 is 1.69 bits per heavy atom. The van der Waals surface area contributed by atoms with Gasteiger partial charge in [0.25, 0.3) is 0 Å². The fraction of sp³-hybridized carbons (Fsp3) is 0.273.